The number of amides is 1. The predicted octanol–water partition coefficient (Wildman–Crippen LogP) is 0.706. The highest BCUT2D eigenvalue weighted by Gasteiger charge is 2.49. The molecule has 3 aliphatic rings. The molecule has 0 radical (unpaired) electrons. The maximum atomic E-state index is 12.1. The lowest BCUT2D eigenvalue weighted by molar-refractivity contribution is -0.121. The third kappa shape index (κ3) is 3.28. The monoisotopic (exact) mass is 398 g/mol. The van der Waals surface area contributed by atoms with E-state index in [4.69, 9.17) is 14.2 Å². The molecule has 1 aromatic carbocycles. The van der Waals surface area contributed by atoms with Crippen LogP contribution in [0.15, 0.2) is 23.2 Å². The Labute approximate surface area is 155 Å². The highest BCUT2D eigenvalue weighted by atomic mass is 32.2. The summed E-state index contributed by atoms with van der Waals surface area (Å²) in [4.78, 5) is 17.9. The molecule has 0 bridgehead atoms. The number of thioether (sulfide) groups is 1. The summed E-state index contributed by atoms with van der Waals surface area (Å²) in [5, 5.41) is 0.343. The number of fused-ring (bicyclic) bond motifs is 2. The summed E-state index contributed by atoms with van der Waals surface area (Å²) in [6.07, 6.45) is 0. The van der Waals surface area contributed by atoms with Crippen LogP contribution in [0.4, 0.5) is 5.69 Å². The van der Waals surface area contributed by atoms with Crippen LogP contribution in [-0.4, -0.2) is 69.2 Å². The molecule has 4 rings (SSSR count). The summed E-state index contributed by atoms with van der Waals surface area (Å²) >= 11 is 1.33. The molecule has 0 saturated carbocycles. The first-order valence-corrected chi connectivity index (χ1v) is 10.8. The third-order valence-corrected chi connectivity index (χ3v) is 7.57. The van der Waals surface area contributed by atoms with E-state index in [-0.39, 0.29) is 29.4 Å². The first-order chi connectivity index (χ1) is 12.5. The number of methoxy groups -OCH3 is 1. The normalized spacial score (nSPS) is 27.6. The lowest BCUT2D eigenvalue weighted by Crippen LogP contribution is -2.38. The van der Waals surface area contributed by atoms with Crippen LogP contribution in [0.1, 0.15) is 0 Å². The van der Waals surface area contributed by atoms with Crippen LogP contribution in [-0.2, 0) is 19.4 Å². The molecule has 1 aromatic rings. The Balaban J connectivity index is 1.72. The molecule has 1 amide bonds. The Bertz CT molecular complexity index is 869. The van der Waals surface area contributed by atoms with E-state index in [9.17, 15) is 13.2 Å². The Kier molecular flexibility index (Phi) is 4.57. The van der Waals surface area contributed by atoms with Gasteiger partial charge in [0.2, 0.25) is 0 Å². The van der Waals surface area contributed by atoms with Crippen molar-refractivity contribution in [2.24, 2.45) is 4.99 Å². The number of hydrogen-bond donors (Lipinski definition) is 0. The molecule has 2 atom stereocenters. The number of anilines is 1. The van der Waals surface area contributed by atoms with Crippen molar-refractivity contribution in [2.45, 2.75) is 11.3 Å². The van der Waals surface area contributed by atoms with Gasteiger partial charge in [-0.05, 0) is 12.1 Å². The Morgan fingerprint density at radius 3 is 2.85 bits per heavy atom. The van der Waals surface area contributed by atoms with Crippen molar-refractivity contribution in [3.8, 4) is 11.5 Å². The molecule has 0 N–H and O–H groups in total. The van der Waals surface area contributed by atoms with Gasteiger partial charge in [-0.3, -0.25) is 4.79 Å². The first kappa shape index (κ1) is 17.6. The molecular formula is C16H18N2O6S2. The lowest BCUT2D eigenvalue weighted by atomic mass is 10.2. The van der Waals surface area contributed by atoms with Gasteiger partial charge in [0.1, 0.15) is 19.8 Å². The minimum atomic E-state index is -3.11. The van der Waals surface area contributed by atoms with E-state index < -0.39 is 15.7 Å². The molecule has 3 heterocycles. The third-order valence-electron chi connectivity index (χ3n) is 4.36. The molecule has 2 saturated heterocycles. The van der Waals surface area contributed by atoms with Crippen LogP contribution >= 0.6 is 11.8 Å². The Morgan fingerprint density at radius 1 is 1.31 bits per heavy atom. The van der Waals surface area contributed by atoms with Crippen LogP contribution in [0.5, 0.6) is 11.5 Å². The Morgan fingerprint density at radius 2 is 2.08 bits per heavy atom. The molecule has 10 heteroatoms. The van der Waals surface area contributed by atoms with Crippen LogP contribution in [0.3, 0.4) is 0 Å². The van der Waals surface area contributed by atoms with Gasteiger partial charge in [0.15, 0.2) is 26.5 Å². The van der Waals surface area contributed by atoms with Crippen molar-refractivity contribution < 1.29 is 27.4 Å². The zero-order valence-corrected chi connectivity index (χ0v) is 15.7. The number of nitrogens with zero attached hydrogens (tertiary/aromatic N) is 2. The minimum Gasteiger partial charge on any atom is -0.486 e. The molecule has 0 spiro atoms. The van der Waals surface area contributed by atoms with Crippen molar-refractivity contribution >= 4 is 38.4 Å². The molecule has 0 aliphatic carbocycles. The predicted molar refractivity (Wildman–Crippen MR) is 98.0 cm³/mol. The summed E-state index contributed by atoms with van der Waals surface area (Å²) in [7, 11) is -1.68. The second kappa shape index (κ2) is 6.75. The minimum absolute atomic E-state index is 0.0383. The smallest absolute Gasteiger partial charge is 0.274 e. The van der Waals surface area contributed by atoms with Crippen molar-refractivity contribution in [3.63, 3.8) is 0 Å². The zero-order chi connectivity index (χ0) is 18.3. The number of hydrogen-bond acceptors (Lipinski definition) is 7. The van der Waals surface area contributed by atoms with Gasteiger partial charge in [-0.25, -0.2) is 8.42 Å². The molecule has 2 unspecified atom stereocenters. The summed E-state index contributed by atoms with van der Waals surface area (Å²) in [6.45, 7) is 0.832. The number of amidine groups is 1. The number of carbonyl (C=O) groups excluding carboxylic acids is 1. The molecule has 3 aliphatic heterocycles. The number of rotatable bonds is 3. The Hall–Kier alpha value is -1.78. The molecule has 140 valence electrons. The average Bonchev–Trinajstić information content (AvgIpc) is 3.05. The van der Waals surface area contributed by atoms with E-state index in [1.54, 1.807) is 12.1 Å². The van der Waals surface area contributed by atoms with Gasteiger partial charge in [-0.2, -0.15) is 4.99 Å². The second-order valence-electron chi connectivity index (χ2n) is 6.22. The zero-order valence-electron chi connectivity index (χ0n) is 14.1. The van der Waals surface area contributed by atoms with E-state index in [0.29, 0.717) is 29.9 Å². The fraction of sp³-hybridized carbons (Fsp3) is 0.500. The second-order valence-corrected chi connectivity index (χ2v) is 9.58. The number of sulfone groups is 1. The van der Waals surface area contributed by atoms with E-state index in [0.717, 1.165) is 5.69 Å². The standard InChI is InChI=1S/C16H18N2O6S2/c1-22-7-15(19)17-16-18(11-8-26(20,21)9-14(11)25-16)10-2-3-12-13(6-10)24-5-4-23-12/h2-3,6,11,14H,4-5,7-9H2,1H3. The van der Waals surface area contributed by atoms with E-state index in [1.165, 1.54) is 18.9 Å². The summed E-state index contributed by atoms with van der Waals surface area (Å²) in [6, 6.07) is 5.16. The van der Waals surface area contributed by atoms with E-state index >= 15 is 0 Å². The van der Waals surface area contributed by atoms with Gasteiger partial charge in [0, 0.05) is 24.1 Å². The van der Waals surface area contributed by atoms with Crippen molar-refractivity contribution in [1.82, 2.24) is 0 Å². The molecular weight excluding hydrogens is 380 g/mol. The highest BCUT2D eigenvalue weighted by molar-refractivity contribution is 8.16. The van der Waals surface area contributed by atoms with Gasteiger partial charge in [0.05, 0.1) is 17.5 Å². The molecule has 0 aromatic heterocycles. The fourth-order valence-corrected chi connectivity index (χ4v) is 7.24. The van der Waals surface area contributed by atoms with Gasteiger partial charge < -0.3 is 19.1 Å². The van der Waals surface area contributed by atoms with Gasteiger partial charge in [0.25, 0.3) is 5.91 Å². The van der Waals surface area contributed by atoms with Crippen LogP contribution < -0.4 is 14.4 Å². The average molecular weight is 398 g/mol. The summed E-state index contributed by atoms with van der Waals surface area (Å²) < 4.78 is 40.2. The topological polar surface area (TPSA) is 94.5 Å². The maximum Gasteiger partial charge on any atom is 0.274 e. The quantitative estimate of drug-likeness (QED) is 0.735. The van der Waals surface area contributed by atoms with Crippen molar-refractivity contribution in [3.05, 3.63) is 18.2 Å². The number of benzene rings is 1. The van der Waals surface area contributed by atoms with Crippen LogP contribution in [0.2, 0.25) is 0 Å². The molecule has 8 nitrogen and oxygen atoms in total. The fourth-order valence-electron chi connectivity index (χ4n) is 3.31. The van der Waals surface area contributed by atoms with Gasteiger partial charge >= 0.3 is 0 Å². The number of carbonyl (C=O) groups is 1. The van der Waals surface area contributed by atoms with Crippen LogP contribution in [0.25, 0.3) is 0 Å². The molecule has 2 fully saturated rings. The van der Waals surface area contributed by atoms with Gasteiger partial charge in [-0.15, -0.1) is 0 Å². The maximum absolute atomic E-state index is 12.1. The largest absolute Gasteiger partial charge is 0.486 e. The lowest BCUT2D eigenvalue weighted by Gasteiger charge is -2.26. The number of ether oxygens (including phenoxy) is 3. The highest BCUT2D eigenvalue weighted by Crippen LogP contribution is 2.43. The summed E-state index contributed by atoms with van der Waals surface area (Å²) in [5.41, 5.74) is 0.732. The summed E-state index contributed by atoms with van der Waals surface area (Å²) in [5.74, 6) is 0.972. The van der Waals surface area contributed by atoms with Crippen molar-refractivity contribution in [2.75, 3.05) is 43.3 Å². The molecule has 26 heavy (non-hydrogen) atoms. The SMILES string of the molecule is COCC(=O)N=C1SC2CS(=O)(=O)CC2N1c1ccc2c(c1)OCCO2. The van der Waals surface area contributed by atoms with Crippen LogP contribution in [0, 0.1) is 0 Å². The van der Waals surface area contributed by atoms with E-state index in [1.807, 2.05) is 11.0 Å². The van der Waals surface area contributed by atoms with Crippen molar-refractivity contribution in [1.29, 1.82) is 0 Å². The van der Waals surface area contributed by atoms with E-state index in [2.05, 4.69) is 4.99 Å². The first-order valence-electron chi connectivity index (χ1n) is 8.13. The number of aliphatic imine (C=N–C) groups is 1. The van der Waals surface area contributed by atoms with Gasteiger partial charge in [-0.1, -0.05) is 11.8 Å².